The van der Waals surface area contributed by atoms with Crippen molar-refractivity contribution < 1.29 is 14.6 Å². The molecule has 1 aliphatic heterocycles. The largest absolute Gasteiger partial charge is 0.497 e. The van der Waals surface area contributed by atoms with Crippen molar-refractivity contribution >= 4 is 6.03 Å². The zero-order valence-electron chi connectivity index (χ0n) is 16.1. The van der Waals surface area contributed by atoms with Crippen molar-refractivity contribution in [1.29, 1.82) is 0 Å². The van der Waals surface area contributed by atoms with E-state index >= 15 is 0 Å². The molecule has 2 aromatic rings. The molecule has 2 amide bonds. The fourth-order valence-corrected chi connectivity index (χ4v) is 3.33. The number of pyridine rings is 1. The van der Waals surface area contributed by atoms with Gasteiger partial charge in [0.05, 0.1) is 18.8 Å². The molecular weight excluding hydrogens is 342 g/mol. The third kappa shape index (κ3) is 4.39. The topological polar surface area (TPSA) is 74.7 Å². The molecule has 0 radical (unpaired) electrons. The second-order valence-electron chi connectivity index (χ2n) is 7.18. The van der Waals surface area contributed by atoms with Crippen LogP contribution in [0.2, 0.25) is 0 Å². The lowest BCUT2D eigenvalue weighted by Crippen LogP contribution is -2.49. The quantitative estimate of drug-likeness (QED) is 0.868. The molecule has 144 valence electrons. The maximum atomic E-state index is 12.6. The molecule has 1 fully saturated rings. The Balaban J connectivity index is 1.56. The molecular formula is C21H27N3O3. The summed E-state index contributed by atoms with van der Waals surface area (Å²) in [7, 11) is 1.63. The smallest absolute Gasteiger partial charge is 0.317 e. The van der Waals surface area contributed by atoms with Gasteiger partial charge in [-0.15, -0.1) is 0 Å². The van der Waals surface area contributed by atoms with E-state index < -0.39 is 5.60 Å². The molecule has 0 saturated carbocycles. The van der Waals surface area contributed by atoms with Crippen LogP contribution in [0.4, 0.5) is 4.79 Å². The SMILES string of the molecule is COc1ccc([C@@H](C)NC(=O)N2CCC(O)(c3ccc(C)cn3)CC2)cc1. The van der Waals surface area contributed by atoms with Crippen LogP contribution in [0.1, 0.15) is 42.6 Å². The van der Waals surface area contributed by atoms with Crippen LogP contribution in [0.25, 0.3) is 0 Å². The lowest BCUT2D eigenvalue weighted by molar-refractivity contribution is -0.0205. The molecule has 1 aromatic carbocycles. The third-order valence-corrected chi connectivity index (χ3v) is 5.22. The van der Waals surface area contributed by atoms with Crippen LogP contribution in [0.3, 0.4) is 0 Å². The first-order chi connectivity index (χ1) is 12.9. The average molecular weight is 369 g/mol. The predicted molar refractivity (Wildman–Crippen MR) is 104 cm³/mol. The molecule has 3 rings (SSSR count). The standard InChI is InChI=1S/C21H27N3O3/c1-15-4-9-19(22-14-15)21(26)10-12-24(13-11-21)20(25)23-16(2)17-5-7-18(27-3)8-6-17/h4-9,14,16,26H,10-13H2,1-3H3,(H,23,25)/t16-/m1/s1. The highest BCUT2D eigenvalue weighted by atomic mass is 16.5. The Morgan fingerprint density at radius 3 is 2.44 bits per heavy atom. The first kappa shape index (κ1) is 19.2. The lowest BCUT2D eigenvalue weighted by atomic mass is 9.87. The molecule has 0 unspecified atom stereocenters. The summed E-state index contributed by atoms with van der Waals surface area (Å²) in [5, 5.41) is 13.9. The van der Waals surface area contributed by atoms with Gasteiger partial charge >= 0.3 is 6.03 Å². The maximum Gasteiger partial charge on any atom is 0.317 e. The molecule has 0 aliphatic carbocycles. The molecule has 2 N–H and O–H groups in total. The molecule has 0 bridgehead atoms. The van der Waals surface area contributed by atoms with Crippen molar-refractivity contribution in [2.45, 2.75) is 38.3 Å². The molecule has 0 spiro atoms. The lowest BCUT2D eigenvalue weighted by Gasteiger charge is -2.38. The molecule has 6 nitrogen and oxygen atoms in total. The van der Waals surface area contributed by atoms with Crippen LogP contribution in [0.15, 0.2) is 42.6 Å². The minimum atomic E-state index is -0.966. The predicted octanol–water partition coefficient (Wildman–Crippen LogP) is 3.15. The summed E-state index contributed by atoms with van der Waals surface area (Å²) < 4.78 is 5.16. The van der Waals surface area contributed by atoms with E-state index in [1.54, 1.807) is 18.2 Å². The van der Waals surface area contributed by atoms with E-state index in [9.17, 15) is 9.90 Å². The van der Waals surface area contributed by atoms with Gasteiger partial charge in [-0.05, 0) is 56.0 Å². The highest BCUT2D eigenvalue weighted by molar-refractivity contribution is 5.74. The molecule has 1 atom stereocenters. The first-order valence-corrected chi connectivity index (χ1v) is 9.26. The zero-order valence-corrected chi connectivity index (χ0v) is 16.1. The number of rotatable bonds is 4. The zero-order chi connectivity index (χ0) is 19.4. The molecule has 27 heavy (non-hydrogen) atoms. The number of aryl methyl sites for hydroxylation is 1. The van der Waals surface area contributed by atoms with Crippen LogP contribution in [0, 0.1) is 6.92 Å². The monoisotopic (exact) mass is 369 g/mol. The summed E-state index contributed by atoms with van der Waals surface area (Å²) in [5.74, 6) is 0.789. The Morgan fingerprint density at radius 1 is 1.22 bits per heavy atom. The number of nitrogens with one attached hydrogen (secondary N) is 1. The van der Waals surface area contributed by atoms with Crippen LogP contribution >= 0.6 is 0 Å². The van der Waals surface area contributed by atoms with Gasteiger partial charge in [0, 0.05) is 19.3 Å². The summed E-state index contributed by atoms with van der Waals surface area (Å²) in [6.07, 6.45) is 2.73. The summed E-state index contributed by atoms with van der Waals surface area (Å²) in [5.41, 5.74) is 1.79. The second-order valence-corrected chi connectivity index (χ2v) is 7.18. The van der Waals surface area contributed by atoms with Gasteiger partial charge in [-0.1, -0.05) is 18.2 Å². The normalized spacial score (nSPS) is 17.3. The fraction of sp³-hybridized carbons (Fsp3) is 0.429. The highest BCUT2D eigenvalue weighted by Crippen LogP contribution is 2.31. The van der Waals surface area contributed by atoms with E-state index in [2.05, 4.69) is 10.3 Å². The van der Waals surface area contributed by atoms with Gasteiger partial charge in [0.25, 0.3) is 0 Å². The number of aromatic nitrogens is 1. The number of urea groups is 1. The Morgan fingerprint density at radius 2 is 1.89 bits per heavy atom. The molecule has 1 aliphatic rings. The van der Waals surface area contributed by atoms with Crippen molar-refractivity contribution in [3.63, 3.8) is 0 Å². The summed E-state index contributed by atoms with van der Waals surface area (Å²) >= 11 is 0. The van der Waals surface area contributed by atoms with Gasteiger partial charge in [-0.3, -0.25) is 4.98 Å². The number of aliphatic hydroxyl groups is 1. The van der Waals surface area contributed by atoms with Gasteiger partial charge in [0.15, 0.2) is 0 Å². The number of ether oxygens (including phenoxy) is 1. The Hall–Kier alpha value is -2.60. The number of nitrogens with zero attached hydrogens (tertiary/aromatic N) is 2. The van der Waals surface area contributed by atoms with Crippen molar-refractivity contribution in [2.24, 2.45) is 0 Å². The number of methoxy groups -OCH3 is 1. The minimum Gasteiger partial charge on any atom is -0.497 e. The Bertz CT molecular complexity index is 766. The van der Waals surface area contributed by atoms with Gasteiger partial charge < -0.3 is 20.1 Å². The van der Waals surface area contributed by atoms with E-state index in [0.29, 0.717) is 31.6 Å². The number of benzene rings is 1. The summed E-state index contributed by atoms with van der Waals surface area (Å²) in [6.45, 7) is 4.91. The van der Waals surface area contributed by atoms with E-state index in [4.69, 9.17) is 4.74 Å². The van der Waals surface area contributed by atoms with Gasteiger partial charge in [0.2, 0.25) is 0 Å². The van der Waals surface area contributed by atoms with Crippen molar-refractivity contribution in [3.8, 4) is 5.75 Å². The first-order valence-electron chi connectivity index (χ1n) is 9.26. The van der Waals surface area contributed by atoms with Gasteiger partial charge in [-0.2, -0.15) is 0 Å². The van der Waals surface area contributed by atoms with Crippen molar-refractivity contribution in [1.82, 2.24) is 15.2 Å². The maximum absolute atomic E-state index is 12.6. The number of carbonyl (C=O) groups excluding carboxylic acids is 1. The van der Waals surface area contributed by atoms with Crippen LogP contribution in [0.5, 0.6) is 5.75 Å². The molecule has 6 heteroatoms. The molecule has 1 saturated heterocycles. The Kier molecular flexibility index (Phi) is 5.65. The number of hydrogen-bond acceptors (Lipinski definition) is 4. The van der Waals surface area contributed by atoms with E-state index in [-0.39, 0.29) is 12.1 Å². The molecule has 2 heterocycles. The van der Waals surface area contributed by atoms with Crippen LogP contribution < -0.4 is 10.1 Å². The molecule has 1 aromatic heterocycles. The number of carbonyl (C=O) groups is 1. The van der Waals surface area contributed by atoms with Crippen LogP contribution in [-0.2, 0) is 5.60 Å². The highest BCUT2D eigenvalue weighted by Gasteiger charge is 2.36. The summed E-state index contributed by atoms with van der Waals surface area (Å²) in [6, 6.07) is 11.3. The number of likely N-dealkylation sites (tertiary alicyclic amines) is 1. The van der Waals surface area contributed by atoms with Crippen LogP contribution in [-0.4, -0.2) is 41.2 Å². The minimum absolute atomic E-state index is 0.108. The van der Waals surface area contributed by atoms with E-state index in [0.717, 1.165) is 16.9 Å². The number of hydrogen-bond donors (Lipinski definition) is 2. The van der Waals surface area contributed by atoms with Gasteiger partial charge in [-0.25, -0.2) is 4.79 Å². The van der Waals surface area contributed by atoms with Crippen molar-refractivity contribution in [2.75, 3.05) is 20.2 Å². The average Bonchev–Trinajstić information content (AvgIpc) is 2.69. The number of amides is 2. The number of piperidine rings is 1. The second kappa shape index (κ2) is 7.96. The van der Waals surface area contributed by atoms with E-state index in [1.165, 1.54) is 0 Å². The fourth-order valence-electron chi connectivity index (χ4n) is 3.33. The third-order valence-electron chi connectivity index (χ3n) is 5.22. The Labute approximate surface area is 160 Å². The van der Waals surface area contributed by atoms with Gasteiger partial charge in [0.1, 0.15) is 11.4 Å². The van der Waals surface area contributed by atoms with Crippen molar-refractivity contribution in [3.05, 3.63) is 59.4 Å². The van der Waals surface area contributed by atoms with E-state index in [1.807, 2.05) is 50.2 Å². The summed E-state index contributed by atoms with van der Waals surface area (Å²) in [4.78, 5) is 18.7.